The highest BCUT2D eigenvalue weighted by Crippen LogP contribution is 2.29. The Kier molecular flexibility index (Phi) is 5.76. The van der Waals surface area contributed by atoms with Crippen LogP contribution in [-0.2, 0) is 10.0 Å². The van der Waals surface area contributed by atoms with Gasteiger partial charge in [0.25, 0.3) is 10.0 Å². The summed E-state index contributed by atoms with van der Waals surface area (Å²) in [4.78, 5) is 0.222. The fourth-order valence-electron chi connectivity index (χ4n) is 3.44. The summed E-state index contributed by atoms with van der Waals surface area (Å²) in [5.41, 5.74) is 5.59. The second-order valence-corrected chi connectivity index (χ2v) is 9.59. The second-order valence-electron chi connectivity index (χ2n) is 7.91. The van der Waals surface area contributed by atoms with Gasteiger partial charge in [-0.2, -0.15) is 5.10 Å². The molecule has 0 radical (unpaired) electrons. The minimum absolute atomic E-state index is 0.222. The maximum Gasteiger partial charge on any atom is 0.261 e. The van der Waals surface area contributed by atoms with Gasteiger partial charge in [-0.3, -0.25) is 4.72 Å². The number of ether oxygens (including phenoxy) is 1. The number of nitrogens with one attached hydrogen (secondary N) is 1. The molecule has 1 N–H and O–H groups in total. The van der Waals surface area contributed by atoms with Gasteiger partial charge in [0.05, 0.1) is 23.0 Å². The van der Waals surface area contributed by atoms with Gasteiger partial charge in [-0.1, -0.05) is 35.4 Å². The van der Waals surface area contributed by atoms with Crippen LogP contribution in [0.2, 0.25) is 0 Å². The van der Waals surface area contributed by atoms with Crippen molar-refractivity contribution in [2.45, 2.75) is 32.6 Å². The Labute approximate surface area is 188 Å². The number of hydrogen-bond donors (Lipinski definition) is 1. The molecule has 3 aromatic carbocycles. The van der Waals surface area contributed by atoms with E-state index in [1.165, 1.54) is 5.56 Å². The van der Waals surface area contributed by atoms with Crippen LogP contribution in [0.4, 0.5) is 5.69 Å². The van der Waals surface area contributed by atoms with Crippen molar-refractivity contribution in [1.82, 2.24) is 9.78 Å². The second kappa shape index (κ2) is 8.51. The summed E-state index contributed by atoms with van der Waals surface area (Å²) in [6.45, 7) is 7.89. The van der Waals surface area contributed by atoms with Crippen LogP contribution in [0.25, 0.3) is 5.69 Å². The first kappa shape index (κ1) is 21.6. The van der Waals surface area contributed by atoms with E-state index in [9.17, 15) is 8.42 Å². The lowest BCUT2D eigenvalue weighted by atomic mass is 10.1. The molecular formula is C25H25N3O3S. The molecule has 32 heavy (non-hydrogen) atoms. The van der Waals surface area contributed by atoms with E-state index in [0.717, 1.165) is 22.4 Å². The molecule has 6 nitrogen and oxygen atoms in total. The fourth-order valence-corrected chi connectivity index (χ4v) is 4.49. The standard InChI is InChI=1S/C25H25N3O3S/c1-17-5-9-23(10-6-17)32(29,30)27-21-8-12-25(20(4)14-21)31-22-15-26-28(16-22)24-11-7-18(2)13-19(24)3/h5-16,27H,1-4H3. The Morgan fingerprint density at radius 3 is 2.25 bits per heavy atom. The van der Waals surface area contributed by atoms with Gasteiger partial charge in [0.2, 0.25) is 0 Å². The molecule has 0 amide bonds. The molecular weight excluding hydrogens is 422 g/mol. The normalized spacial score (nSPS) is 11.4. The first-order valence-electron chi connectivity index (χ1n) is 10.2. The summed E-state index contributed by atoms with van der Waals surface area (Å²) >= 11 is 0. The Bertz CT molecular complexity index is 1370. The van der Waals surface area contributed by atoms with Gasteiger partial charge in [0, 0.05) is 5.69 Å². The number of aromatic nitrogens is 2. The van der Waals surface area contributed by atoms with E-state index in [1.54, 1.807) is 53.3 Å². The van der Waals surface area contributed by atoms with Gasteiger partial charge in [0.15, 0.2) is 5.75 Å². The molecule has 0 aliphatic carbocycles. The van der Waals surface area contributed by atoms with E-state index in [4.69, 9.17) is 4.74 Å². The highest BCUT2D eigenvalue weighted by Gasteiger charge is 2.15. The molecule has 0 saturated heterocycles. The van der Waals surface area contributed by atoms with Crippen molar-refractivity contribution < 1.29 is 13.2 Å². The summed E-state index contributed by atoms with van der Waals surface area (Å²) in [5.74, 6) is 1.23. The molecule has 0 unspecified atom stereocenters. The van der Waals surface area contributed by atoms with Crippen molar-refractivity contribution in [1.29, 1.82) is 0 Å². The van der Waals surface area contributed by atoms with Crippen LogP contribution >= 0.6 is 0 Å². The summed E-state index contributed by atoms with van der Waals surface area (Å²) in [6.07, 6.45) is 3.48. The van der Waals surface area contributed by atoms with Crippen LogP contribution in [0.3, 0.4) is 0 Å². The van der Waals surface area contributed by atoms with Gasteiger partial charge in [-0.15, -0.1) is 0 Å². The van der Waals surface area contributed by atoms with Gasteiger partial charge in [0.1, 0.15) is 5.75 Å². The van der Waals surface area contributed by atoms with E-state index in [0.29, 0.717) is 17.2 Å². The van der Waals surface area contributed by atoms with E-state index in [-0.39, 0.29) is 4.90 Å². The van der Waals surface area contributed by atoms with Gasteiger partial charge >= 0.3 is 0 Å². The van der Waals surface area contributed by atoms with E-state index < -0.39 is 10.0 Å². The topological polar surface area (TPSA) is 73.2 Å². The lowest BCUT2D eigenvalue weighted by Crippen LogP contribution is -2.13. The number of aryl methyl sites for hydroxylation is 4. The van der Waals surface area contributed by atoms with Crippen LogP contribution < -0.4 is 9.46 Å². The van der Waals surface area contributed by atoms with Crippen molar-refractivity contribution >= 4 is 15.7 Å². The molecule has 0 saturated carbocycles. The number of benzene rings is 3. The zero-order valence-electron chi connectivity index (χ0n) is 18.5. The number of sulfonamides is 1. The molecule has 0 atom stereocenters. The summed E-state index contributed by atoms with van der Waals surface area (Å²) in [5, 5.41) is 4.41. The third-order valence-electron chi connectivity index (χ3n) is 5.14. The summed E-state index contributed by atoms with van der Waals surface area (Å²) in [6, 6.07) is 18.1. The fraction of sp³-hybridized carbons (Fsp3) is 0.160. The largest absolute Gasteiger partial charge is 0.454 e. The number of nitrogens with zero attached hydrogens (tertiary/aromatic N) is 2. The van der Waals surface area contributed by atoms with Crippen molar-refractivity contribution in [2.75, 3.05) is 4.72 Å². The molecule has 4 aromatic rings. The molecule has 4 rings (SSSR count). The summed E-state index contributed by atoms with van der Waals surface area (Å²) in [7, 11) is -3.66. The molecule has 0 fully saturated rings. The number of rotatable bonds is 6. The first-order chi connectivity index (χ1) is 15.2. The van der Waals surface area contributed by atoms with E-state index in [2.05, 4.69) is 22.8 Å². The van der Waals surface area contributed by atoms with Crippen LogP contribution in [0.15, 0.2) is 78.0 Å². The van der Waals surface area contributed by atoms with Crippen molar-refractivity contribution in [3.8, 4) is 17.2 Å². The Morgan fingerprint density at radius 1 is 0.844 bits per heavy atom. The first-order valence-corrected chi connectivity index (χ1v) is 11.7. The molecule has 1 aromatic heterocycles. The quantitative estimate of drug-likeness (QED) is 0.412. The molecule has 7 heteroatoms. The third-order valence-corrected chi connectivity index (χ3v) is 6.54. The Morgan fingerprint density at radius 2 is 1.56 bits per heavy atom. The molecule has 0 spiro atoms. The van der Waals surface area contributed by atoms with Crippen LogP contribution in [0.5, 0.6) is 11.5 Å². The predicted octanol–water partition coefficient (Wildman–Crippen LogP) is 5.70. The smallest absolute Gasteiger partial charge is 0.261 e. The molecule has 1 heterocycles. The average Bonchev–Trinajstić information content (AvgIpc) is 3.18. The molecule has 0 bridgehead atoms. The highest BCUT2D eigenvalue weighted by molar-refractivity contribution is 7.92. The summed E-state index contributed by atoms with van der Waals surface area (Å²) < 4.78 is 35.7. The van der Waals surface area contributed by atoms with Crippen molar-refractivity contribution in [2.24, 2.45) is 0 Å². The highest BCUT2D eigenvalue weighted by atomic mass is 32.2. The van der Waals surface area contributed by atoms with E-state index >= 15 is 0 Å². The maximum absolute atomic E-state index is 12.6. The lowest BCUT2D eigenvalue weighted by Gasteiger charge is -2.12. The molecule has 164 valence electrons. The maximum atomic E-state index is 12.6. The minimum atomic E-state index is -3.66. The van der Waals surface area contributed by atoms with Crippen LogP contribution in [0, 0.1) is 27.7 Å². The zero-order valence-corrected chi connectivity index (χ0v) is 19.3. The number of anilines is 1. The monoisotopic (exact) mass is 447 g/mol. The third kappa shape index (κ3) is 4.68. The van der Waals surface area contributed by atoms with Crippen molar-refractivity contribution in [3.63, 3.8) is 0 Å². The number of hydrogen-bond acceptors (Lipinski definition) is 4. The van der Waals surface area contributed by atoms with Gasteiger partial charge < -0.3 is 4.74 Å². The molecule has 0 aliphatic rings. The van der Waals surface area contributed by atoms with Crippen LogP contribution in [0.1, 0.15) is 22.3 Å². The Hall–Kier alpha value is -3.58. The van der Waals surface area contributed by atoms with Crippen molar-refractivity contribution in [3.05, 3.63) is 95.3 Å². The van der Waals surface area contributed by atoms with Gasteiger partial charge in [-0.25, -0.2) is 13.1 Å². The van der Waals surface area contributed by atoms with Crippen LogP contribution in [-0.4, -0.2) is 18.2 Å². The Balaban J connectivity index is 1.51. The zero-order chi connectivity index (χ0) is 22.9. The van der Waals surface area contributed by atoms with Gasteiger partial charge in [-0.05, 0) is 75.2 Å². The molecule has 0 aliphatic heterocycles. The lowest BCUT2D eigenvalue weighted by molar-refractivity contribution is 0.479. The van der Waals surface area contributed by atoms with E-state index in [1.807, 2.05) is 39.1 Å². The average molecular weight is 448 g/mol. The SMILES string of the molecule is Cc1ccc(S(=O)(=O)Nc2ccc(Oc3cnn(-c4ccc(C)cc4C)c3)c(C)c2)cc1. The minimum Gasteiger partial charge on any atom is -0.454 e. The predicted molar refractivity (Wildman–Crippen MR) is 126 cm³/mol.